The molecule has 1 heterocycles. The van der Waals surface area contributed by atoms with Crippen molar-refractivity contribution >= 4 is 5.69 Å². The van der Waals surface area contributed by atoms with Crippen LogP contribution in [0.1, 0.15) is 5.56 Å². The molecule has 94 valence electrons. The van der Waals surface area contributed by atoms with Gasteiger partial charge in [0.05, 0.1) is 19.4 Å². The Balaban J connectivity index is 2.17. The molecule has 0 aliphatic rings. The third kappa shape index (κ3) is 2.70. The Labute approximate surface area is 105 Å². The SMILES string of the molecule is COc1nc(Oc2ccc(CO)cc2)ccc1N. The van der Waals surface area contributed by atoms with Crippen molar-refractivity contribution in [2.75, 3.05) is 12.8 Å². The number of nitrogen functional groups attached to an aromatic ring is 1. The maximum absolute atomic E-state index is 8.93. The second-order valence-corrected chi connectivity index (χ2v) is 3.65. The number of rotatable bonds is 4. The highest BCUT2D eigenvalue weighted by Gasteiger charge is 2.04. The molecule has 0 aliphatic heterocycles. The summed E-state index contributed by atoms with van der Waals surface area (Å²) < 4.78 is 10.6. The van der Waals surface area contributed by atoms with Crippen molar-refractivity contribution in [3.63, 3.8) is 0 Å². The van der Waals surface area contributed by atoms with Gasteiger partial charge in [-0.25, -0.2) is 0 Å². The Hall–Kier alpha value is -2.27. The highest BCUT2D eigenvalue weighted by atomic mass is 16.5. The summed E-state index contributed by atoms with van der Waals surface area (Å²) in [5, 5.41) is 8.93. The largest absolute Gasteiger partial charge is 0.479 e. The molecular formula is C13H14N2O3. The zero-order valence-electron chi connectivity index (χ0n) is 9.96. The number of aliphatic hydroxyl groups is 1. The Morgan fingerprint density at radius 1 is 1.17 bits per heavy atom. The summed E-state index contributed by atoms with van der Waals surface area (Å²) in [6, 6.07) is 10.4. The first-order valence-corrected chi connectivity index (χ1v) is 5.41. The molecule has 0 fully saturated rings. The number of aliphatic hydroxyl groups excluding tert-OH is 1. The maximum Gasteiger partial charge on any atom is 0.240 e. The van der Waals surface area contributed by atoms with Gasteiger partial charge in [-0.1, -0.05) is 12.1 Å². The highest BCUT2D eigenvalue weighted by Crippen LogP contribution is 2.25. The molecule has 0 aliphatic carbocycles. The number of anilines is 1. The van der Waals surface area contributed by atoms with Crippen LogP contribution in [0.15, 0.2) is 36.4 Å². The van der Waals surface area contributed by atoms with Crippen molar-refractivity contribution in [1.82, 2.24) is 4.98 Å². The lowest BCUT2D eigenvalue weighted by Gasteiger charge is -2.08. The number of pyridine rings is 1. The summed E-state index contributed by atoms with van der Waals surface area (Å²) in [7, 11) is 1.50. The van der Waals surface area contributed by atoms with E-state index in [1.165, 1.54) is 7.11 Å². The van der Waals surface area contributed by atoms with Gasteiger partial charge >= 0.3 is 0 Å². The summed E-state index contributed by atoms with van der Waals surface area (Å²) in [5.41, 5.74) is 6.94. The summed E-state index contributed by atoms with van der Waals surface area (Å²) >= 11 is 0. The van der Waals surface area contributed by atoms with Crippen molar-refractivity contribution in [2.24, 2.45) is 0 Å². The molecule has 0 saturated carbocycles. The average molecular weight is 246 g/mol. The zero-order valence-corrected chi connectivity index (χ0v) is 9.96. The van der Waals surface area contributed by atoms with Gasteiger partial charge in [0, 0.05) is 6.07 Å². The minimum absolute atomic E-state index is 0.00816. The number of hydrogen-bond acceptors (Lipinski definition) is 5. The molecule has 0 spiro atoms. The van der Waals surface area contributed by atoms with Crippen molar-refractivity contribution in [3.05, 3.63) is 42.0 Å². The predicted octanol–water partition coefficient (Wildman–Crippen LogP) is 1.96. The molecule has 0 amide bonds. The Morgan fingerprint density at radius 3 is 2.50 bits per heavy atom. The fraction of sp³-hybridized carbons (Fsp3) is 0.154. The standard InChI is InChI=1S/C13H14N2O3/c1-17-13-11(14)6-7-12(15-13)18-10-4-2-9(8-16)3-5-10/h2-7,16H,8,14H2,1H3. The number of methoxy groups -OCH3 is 1. The average Bonchev–Trinajstić information content (AvgIpc) is 2.42. The van der Waals surface area contributed by atoms with Gasteiger partial charge in [0.15, 0.2) is 0 Å². The van der Waals surface area contributed by atoms with Gasteiger partial charge in [0.1, 0.15) is 5.75 Å². The lowest BCUT2D eigenvalue weighted by molar-refractivity contribution is 0.281. The van der Waals surface area contributed by atoms with Gasteiger partial charge in [-0.3, -0.25) is 0 Å². The minimum Gasteiger partial charge on any atom is -0.479 e. The molecular weight excluding hydrogens is 232 g/mol. The number of ether oxygens (including phenoxy) is 2. The Morgan fingerprint density at radius 2 is 1.89 bits per heavy atom. The van der Waals surface area contributed by atoms with E-state index in [2.05, 4.69) is 4.98 Å². The summed E-state index contributed by atoms with van der Waals surface area (Å²) in [4.78, 5) is 4.11. The Kier molecular flexibility index (Phi) is 3.64. The van der Waals surface area contributed by atoms with E-state index in [0.29, 0.717) is 23.2 Å². The minimum atomic E-state index is 0.00816. The summed E-state index contributed by atoms with van der Waals surface area (Å²) in [6.07, 6.45) is 0. The van der Waals surface area contributed by atoms with E-state index in [4.69, 9.17) is 20.3 Å². The van der Waals surface area contributed by atoms with E-state index in [-0.39, 0.29) is 6.61 Å². The first-order chi connectivity index (χ1) is 8.72. The number of nitrogens with two attached hydrogens (primary N) is 1. The van der Waals surface area contributed by atoms with Crippen molar-refractivity contribution in [3.8, 4) is 17.5 Å². The normalized spacial score (nSPS) is 10.1. The Bertz CT molecular complexity index is 526. The fourth-order valence-electron chi connectivity index (χ4n) is 1.44. The van der Waals surface area contributed by atoms with Gasteiger partial charge in [0.2, 0.25) is 11.8 Å². The van der Waals surface area contributed by atoms with E-state index in [0.717, 1.165) is 5.56 Å². The monoisotopic (exact) mass is 246 g/mol. The van der Waals surface area contributed by atoms with Gasteiger partial charge in [-0.05, 0) is 23.8 Å². The van der Waals surface area contributed by atoms with Crippen LogP contribution in [-0.2, 0) is 6.61 Å². The molecule has 3 N–H and O–H groups in total. The maximum atomic E-state index is 8.93. The molecule has 1 aromatic carbocycles. The van der Waals surface area contributed by atoms with E-state index in [1.807, 2.05) is 0 Å². The number of nitrogens with zero attached hydrogens (tertiary/aromatic N) is 1. The summed E-state index contributed by atoms with van der Waals surface area (Å²) in [5.74, 6) is 1.36. The lowest BCUT2D eigenvalue weighted by atomic mass is 10.2. The first-order valence-electron chi connectivity index (χ1n) is 5.41. The molecule has 1 aromatic heterocycles. The van der Waals surface area contributed by atoms with Crippen LogP contribution in [-0.4, -0.2) is 17.2 Å². The summed E-state index contributed by atoms with van der Waals surface area (Å²) in [6.45, 7) is 0.00816. The van der Waals surface area contributed by atoms with Crippen LogP contribution < -0.4 is 15.2 Å². The first kappa shape index (κ1) is 12.2. The van der Waals surface area contributed by atoms with Gasteiger partial charge in [-0.2, -0.15) is 4.98 Å². The van der Waals surface area contributed by atoms with Crippen LogP contribution in [0, 0.1) is 0 Å². The molecule has 18 heavy (non-hydrogen) atoms. The van der Waals surface area contributed by atoms with Crippen molar-refractivity contribution < 1.29 is 14.6 Å². The fourth-order valence-corrected chi connectivity index (χ4v) is 1.44. The van der Waals surface area contributed by atoms with Gasteiger partial charge in [0.25, 0.3) is 0 Å². The molecule has 5 nitrogen and oxygen atoms in total. The number of aromatic nitrogens is 1. The van der Waals surface area contributed by atoms with E-state index in [1.54, 1.807) is 36.4 Å². The molecule has 0 radical (unpaired) electrons. The third-order valence-electron chi connectivity index (χ3n) is 2.39. The molecule has 0 atom stereocenters. The van der Waals surface area contributed by atoms with Crippen LogP contribution in [0.4, 0.5) is 5.69 Å². The van der Waals surface area contributed by atoms with Crippen molar-refractivity contribution in [1.29, 1.82) is 0 Å². The lowest BCUT2D eigenvalue weighted by Crippen LogP contribution is -1.97. The zero-order chi connectivity index (χ0) is 13.0. The number of benzene rings is 1. The van der Waals surface area contributed by atoms with Crippen LogP contribution in [0.2, 0.25) is 0 Å². The molecule has 0 bridgehead atoms. The third-order valence-corrected chi connectivity index (χ3v) is 2.39. The molecule has 2 rings (SSSR count). The van der Waals surface area contributed by atoms with Crippen LogP contribution in [0.25, 0.3) is 0 Å². The highest BCUT2D eigenvalue weighted by molar-refractivity contribution is 5.49. The number of hydrogen-bond donors (Lipinski definition) is 2. The van der Waals surface area contributed by atoms with Gasteiger partial charge < -0.3 is 20.3 Å². The topological polar surface area (TPSA) is 77.6 Å². The molecule has 2 aromatic rings. The van der Waals surface area contributed by atoms with E-state index >= 15 is 0 Å². The quantitative estimate of drug-likeness (QED) is 0.862. The molecule has 0 unspecified atom stereocenters. The van der Waals surface area contributed by atoms with Gasteiger partial charge in [-0.15, -0.1) is 0 Å². The van der Waals surface area contributed by atoms with Crippen LogP contribution in [0.5, 0.6) is 17.5 Å². The molecule has 0 saturated heterocycles. The smallest absolute Gasteiger partial charge is 0.240 e. The van der Waals surface area contributed by atoms with E-state index in [9.17, 15) is 0 Å². The van der Waals surface area contributed by atoms with Crippen molar-refractivity contribution in [2.45, 2.75) is 6.61 Å². The predicted molar refractivity (Wildman–Crippen MR) is 67.6 cm³/mol. The van der Waals surface area contributed by atoms with Crippen LogP contribution in [0.3, 0.4) is 0 Å². The second kappa shape index (κ2) is 5.37. The molecule has 5 heteroatoms. The van der Waals surface area contributed by atoms with Crippen LogP contribution >= 0.6 is 0 Å². The second-order valence-electron chi connectivity index (χ2n) is 3.65. The van der Waals surface area contributed by atoms with E-state index < -0.39 is 0 Å².